The van der Waals surface area contributed by atoms with Crippen molar-refractivity contribution in [1.29, 1.82) is 0 Å². The SMILES string of the molecule is C=CC.CC.COC(=O)COCC12CCCC1C1CCC3C(C)(CCC4C(C)(C)C(O)CCC43C)C1CC2. The van der Waals surface area contributed by atoms with Crippen LogP contribution in [0, 0.1) is 51.2 Å². The minimum absolute atomic E-state index is 0.0370. The molecule has 1 N–H and O–H groups in total. The predicted octanol–water partition coefficient (Wildman–Crippen LogP) is 8.22. The van der Waals surface area contributed by atoms with Crippen molar-refractivity contribution in [1.82, 2.24) is 0 Å². The molecule has 9 atom stereocenters. The van der Waals surface area contributed by atoms with Crippen molar-refractivity contribution in [2.45, 2.75) is 125 Å². The number of allylic oxidation sites excluding steroid dienone is 1. The average Bonchev–Trinajstić information content (AvgIpc) is 3.32. The van der Waals surface area contributed by atoms with Gasteiger partial charge in [0.05, 0.1) is 19.8 Å². The van der Waals surface area contributed by atoms with Gasteiger partial charge in [-0.1, -0.05) is 54.0 Å². The van der Waals surface area contributed by atoms with Crippen molar-refractivity contribution < 1.29 is 19.4 Å². The molecule has 38 heavy (non-hydrogen) atoms. The molecule has 5 rings (SSSR count). The fourth-order valence-corrected chi connectivity index (χ4v) is 11.0. The number of hydrogen-bond donors (Lipinski definition) is 1. The van der Waals surface area contributed by atoms with Crippen LogP contribution in [0.15, 0.2) is 12.7 Å². The third kappa shape index (κ3) is 5.27. The van der Waals surface area contributed by atoms with Gasteiger partial charge in [0.2, 0.25) is 0 Å². The van der Waals surface area contributed by atoms with Gasteiger partial charge in [-0.05, 0) is 122 Å². The van der Waals surface area contributed by atoms with Crippen molar-refractivity contribution >= 4 is 5.97 Å². The lowest BCUT2D eigenvalue weighted by molar-refractivity contribution is -0.216. The molecule has 0 radical (unpaired) electrons. The molecule has 5 saturated carbocycles. The molecule has 0 aromatic heterocycles. The fraction of sp³-hybridized carbons (Fsp3) is 0.912. The van der Waals surface area contributed by atoms with Crippen LogP contribution in [0.25, 0.3) is 0 Å². The van der Waals surface area contributed by atoms with E-state index in [0.717, 1.165) is 36.7 Å². The highest BCUT2D eigenvalue weighted by Crippen LogP contribution is 2.72. The Morgan fingerprint density at radius 1 is 0.895 bits per heavy atom. The Morgan fingerprint density at radius 2 is 1.55 bits per heavy atom. The third-order valence-corrected chi connectivity index (χ3v) is 12.5. The lowest BCUT2D eigenvalue weighted by Crippen LogP contribution is -2.63. The maximum Gasteiger partial charge on any atom is 0.331 e. The van der Waals surface area contributed by atoms with E-state index < -0.39 is 0 Å². The van der Waals surface area contributed by atoms with E-state index >= 15 is 0 Å². The molecule has 0 aliphatic heterocycles. The van der Waals surface area contributed by atoms with Crippen LogP contribution in [-0.2, 0) is 14.3 Å². The molecule has 4 heteroatoms. The van der Waals surface area contributed by atoms with Crippen LogP contribution in [0.1, 0.15) is 119 Å². The van der Waals surface area contributed by atoms with Crippen LogP contribution in [0.4, 0.5) is 0 Å². The first-order valence-corrected chi connectivity index (χ1v) is 15.9. The molecule has 5 aliphatic rings. The molecule has 220 valence electrons. The molecular weight excluding hydrogens is 472 g/mol. The number of carbonyl (C=O) groups is 1. The van der Waals surface area contributed by atoms with Crippen molar-refractivity contribution in [3.8, 4) is 0 Å². The minimum atomic E-state index is -0.256. The van der Waals surface area contributed by atoms with E-state index in [0.29, 0.717) is 16.7 Å². The summed E-state index contributed by atoms with van der Waals surface area (Å²) in [5.74, 6) is 3.60. The van der Waals surface area contributed by atoms with E-state index in [1.807, 2.05) is 20.8 Å². The second kappa shape index (κ2) is 12.3. The zero-order valence-corrected chi connectivity index (χ0v) is 26.1. The number of ether oxygens (including phenoxy) is 2. The summed E-state index contributed by atoms with van der Waals surface area (Å²) >= 11 is 0. The summed E-state index contributed by atoms with van der Waals surface area (Å²) in [5, 5.41) is 10.8. The Morgan fingerprint density at radius 3 is 2.21 bits per heavy atom. The quantitative estimate of drug-likeness (QED) is 0.293. The van der Waals surface area contributed by atoms with Gasteiger partial charge in [0, 0.05) is 0 Å². The van der Waals surface area contributed by atoms with Gasteiger partial charge >= 0.3 is 5.97 Å². The van der Waals surface area contributed by atoms with Gasteiger partial charge in [0.25, 0.3) is 0 Å². The molecule has 4 nitrogen and oxygen atoms in total. The van der Waals surface area contributed by atoms with Crippen molar-refractivity contribution in [2.24, 2.45) is 51.2 Å². The molecule has 0 spiro atoms. The summed E-state index contributed by atoms with van der Waals surface area (Å²) < 4.78 is 10.8. The van der Waals surface area contributed by atoms with Gasteiger partial charge in [-0.15, -0.1) is 6.58 Å². The molecule has 0 bridgehead atoms. The Balaban J connectivity index is 0.000000748. The molecule has 0 aromatic rings. The number of fused-ring (bicyclic) bond motifs is 7. The summed E-state index contributed by atoms with van der Waals surface area (Å²) in [7, 11) is 1.44. The summed E-state index contributed by atoms with van der Waals surface area (Å²) in [6.07, 6.45) is 15.7. The number of hydrogen-bond acceptors (Lipinski definition) is 4. The Labute approximate surface area is 234 Å². The Hall–Kier alpha value is -0.870. The first-order chi connectivity index (χ1) is 18.0. The van der Waals surface area contributed by atoms with E-state index in [2.05, 4.69) is 34.3 Å². The van der Waals surface area contributed by atoms with Gasteiger partial charge in [0.15, 0.2) is 0 Å². The van der Waals surface area contributed by atoms with E-state index in [1.54, 1.807) is 6.08 Å². The maximum atomic E-state index is 11.6. The van der Waals surface area contributed by atoms with E-state index in [4.69, 9.17) is 9.47 Å². The van der Waals surface area contributed by atoms with E-state index in [9.17, 15) is 9.90 Å². The molecule has 5 fully saturated rings. The van der Waals surface area contributed by atoms with E-state index in [-0.39, 0.29) is 29.5 Å². The van der Waals surface area contributed by atoms with Crippen molar-refractivity contribution in [3.63, 3.8) is 0 Å². The number of esters is 1. The first kappa shape index (κ1) is 31.7. The highest BCUT2D eigenvalue weighted by Gasteiger charge is 2.66. The largest absolute Gasteiger partial charge is 0.467 e. The number of carbonyl (C=O) groups excluding carboxylic acids is 1. The summed E-state index contributed by atoms with van der Waals surface area (Å²) in [6, 6.07) is 0. The van der Waals surface area contributed by atoms with Crippen LogP contribution in [-0.4, -0.2) is 37.5 Å². The van der Waals surface area contributed by atoms with Crippen molar-refractivity contribution in [3.05, 3.63) is 12.7 Å². The molecule has 0 aromatic carbocycles. The lowest BCUT2D eigenvalue weighted by Gasteiger charge is -2.69. The molecule has 9 unspecified atom stereocenters. The number of methoxy groups -OCH3 is 1. The molecular formula is C34H60O4. The van der Waals surface area contributed by atoms with Crippen molar-refractivity contribution in [2.75, 3.05) is 20.3 Å². The van der Waals surface area contributed by atoms with Gasteiger partial charge < -0.3 is 14.6 Å². The van der Waals surface area contributed by atoms with Gasteiger partial charge in [-0.25, -0.2) is 4.79 Å². The first-order valence-electron chi connectivity index (χ1n) is 15.9. The van der Waals surface area contributed by atoms with Crippen LogP contribution in [0.5, 0.6) is 0 Å². The topological polar surface area (TPSA) is 55.8 Å². The predicted molar refractivity (Wildman–Crippen MR) is 157 cm³/mol. The Kier molecular flexibility index (Phi) is 10.3. The fourth-order valence-electron chi connectivity index (χ4n) is 11.0. The summed E-state index contributed by atoms with van der Waals surface area (Å²) in [5.41, 5.74) is 1.13. The Bertz CT molecular complexity index is 806. The number of aliphatic hydroxyl groups is 1. The highest BCUT2D eigenvalue weighted by atomic mass is 16.6. The highest BCUT2D eigenvalue weighted by molar-refractivity contribution is 5.70. The average molecular weight is 533 g/mol. The normalized spacial score (nSPS) is 44.3. The molecule has 0 heterocycles. The minimum Gasteiger partial charge on any atom is -0.467 e. The van der Waals surface area contributed by atoms with Gasteiger partial charge in [-0.2, -0.15) is 0 Å². The monoisotopic (exact) mass is 532 g/mol. The van der Waals surface area contributed by atoms with Gasteiger partial charge in [0.1, 0.15) is 6.61 Å². The maximum absolute atomic E-state index is 11.6. The standard InChI is InChI=1S/C29H48O4.C3H6.C2H6/c1-26(2)22-11-14-27(3)20-10-16-29(18-33-17-25(31)32-5)13-6-7-21(29)19(20)8-9-23(27)28(22,4)15-12-24(26)30;1-3-2;1-2/h19-24,30H,6-18H2,1-5H3;3H,1H2,2H3;1-2H3. The van der Waals surface area contributed by atoms with E-state index in [1.165, 1.54) is 71.3 Å². The second-order valence-corrected chi connectivity index (χ2v) is 14.3. The smallest absolute Gasteiger partial charge is 0.331 e. The third-order valence-electron chi connectivity index (χ3n) is 12.5. The zero-order valence-electron chi connectivity index (χ0n) is 26.1. The summed E-state index contributed by atoms with van der Waals surface area (Å²) in [4.78, 5) is 11.6. The molecule has 0 saturated heterocycles. The molecule has 5 aliphatic carbocycles. The summed E-state index contributed by atoms with van der Waals surface area (Å²) in [6.45, 7) is 20.1. The second-order valence-electron chi connectivity index (χ2n) is 14.3. The van der Waals surface area contributed by atoms with Crippen LogP contribution in [0.3, 0.4) is 0 Å². The van der Waals surface area contributed by atoms with Crippen LogP contribution < -0.4 is 0 Å². The van der Waals surface area contributed by atoms with Crippen LogP contribution >= 0.6 is 0 Å². The van der Waals surface area contributed by atoms with Gasteiger partial charge in [-0.3, -0.25) is 0 Å². The van der Waals surface area contributed by atoms with Crippen LogP contribution in [0.2, 0.25) is 0 Å². The zero-order chi connectivity index (χ0) is 28.4. The number of aliphatic hydroxyl groups excluding tert-OH is 1. The lowest BCUT2D eigenvalue weighted by atomic mass is 9.36. The molecule has 0 amide bonds. The number of rotatable bonds is 4.